The second-order valence-corrected chi connectivity index (χ2v) is 11.8. The van der Waals surface area contributed by atoms with Gasteiger partial charge in [0.1, 0.15) is 6.04 Å². The Balaban J connectivity index is 0.789. The van der Waals surface area contributed by atoms with Crippen LogP contribution in [0.2, 0.25) is 0 Å². The van der Waals surface area contributed by atoms with Crippen molar-refractivity contribution in [2.45, 2.75) is 31.7 Å². The number of aliphatic imine (C=N–C) groups is 1. The average Bonchev–Trinajstić information content (AvgIpc) is 3.59. The van der Waals surface area contributed by atoms with Gasteiger partial charge < -0.3 is 24.8 Å². The fourth-order valence-corrected chi connectivity index (χ4v) is 6.06. The van der Waals surface area contributed by atoms with Gasteiger partial charge >= 0.3 is 0 Å². The highest BCUT2D eigenvalue weighted by atomic mass is 16.5. The summed E-state index contributed by atoms with van der Waals surface area (Å²) in [7, 11) is 0. The standard InChI is InChI=1S/C35H38N6O8/c42-30(8-5-22-4-6-23-25-21-36-11-10-26(25)39-28(23)20-22)38-13-15-48-17-19-49-18-16-47-14-12-37-27-3-1-2-24-32(27)35(46)41(34(24)45)29-7-9-31(43)40-33(29)44/h1-4,6,10-11,20,29,37H,5,7-9,12-19,21H2,(H,38,42)(H,40,43,44). The zero-order valence-corrected chi connectivity index (χ0v) is 27.0. The van der Waals surface area contributed by atoms with Crippen molar-refractivity contribution in [1.29, 1.82) is 0 Å². The Morgan fingerprint density at radius 1 is 0.939 bits per heavy atom. The molecule has 1 fully saturated rings. The Morgan fingerprint density at radius 3 is 2.51 bits per heavy atom. The van der Waals surface area contributed by atoms with E-state index in [2.05, 4.69) is 32.0 Å². The lowest BCUT2D eigenvalue weighted by molar-refractivity contribution is -0.136. The van der Waals surface area contributed by atoms with Crippen molar-refractivity contribution in [2.75, 3.05) is 64.6 Å². The van der Waals surface area contributed by atoms with E-state index in [9.17, 15) is 24.0 Å². The number of imide groups is 2. The van der Waals surface area contributed by atoms with E-state index in [4.69, 9.17) is 14.2 Å². The van der Waals surface area contributed by atoms with Gasteiger partial charge in [-0.2, -0.15) is 0 Å². The number of hydrogen-bond donors (Lipinski definition) is 3. The number of dihydropyridines is 1. The van der Waals surface area contributed by atoms with Crippen molar-refractivity contribution in [3.8, 4) is 0 Å². The van der Waals surface area contributed by atoms with Gasteiger partial charge in [-0.25, -0.2) is 4.99 Å². The molecule has 0 bridgehead atoms. The first-order valence-corrected chi connectivity index (χ1v) is 16.4. The highest BCUT2D eigenvalue weighted by molar-refractivity contribution is 6.25. The molecule has 6 rings (SSSR count). The number of nitrogens with zero attached hydrogens (tertiary/aromatic N) is 3. The van der Waals surface area contributed by atoms with E-state index in [0.717, 1.165) is 32.3 Å². The summed E-state index contributed by atoms with van der Waals surface area (Å²) in [6.45, 7) is 3.66. The summed E-state index contributed by atoms with van der Waals surface area (Å²) in [6, 6.07) is 10.0. The van der Waals surface area contributed by atoms with Crippen LogP contribution in [0.5, 0.6) is 0 Å². The van der Waals surface area contributed by atoms with Gasteiger partial charge in [0.25, 0.3) is 11.8 Å². The van der Waals surface area contributed by atoms with Crippen molar-refractivity contribution in [1.82, 2.24) is 15.5 Å². The summed E-state index contributed by atoms with van der Waals surface area (Å²) in [5.41, 5.74) is 4.09. The predicted octanol–water partition coefficient (Wildman–Crippen LogP) is 0.0507. The predicted molar refractivity (Wildman–Crippen MR) is 177 cm³/mol. The molecule has 49 heavy (non-hydrogen) atoms. The molecule has 4 aliphatic heterocycles. The molecule has 1 atom stereocenters. The number of rotatable bonds is 17. The van der Waals surface area contributed by atoms with Crippen LogP contribution in [0.25, 0.3) is 5.57 Å². The van der Waals surface area contributed by atoms with Crippen molar-refractivity contribution >= 4 is 47.0 Å². The fraction of sp³-hybridized carbons (Fsp3) is 0.400. The quantitative estimate of drug-likeness (QED) is 0.155. The van der Waals surface area contributed by atoms with Crippen LogP contribution in [0.15, 0.2) is 58.2 Å². The van der Waals surface area contributed by atoms with Crippen LogP contribution in [0.1, 0.15) is 45.5 Å². The topological polar surface area (TPSA) is 177 Å². The molecule has 0 aromatic heterocycles. The molecule has 0 radical (unpaired) electrons. The molecular weight excluding hydrogens is 632 g/mol. The third-order valence-electron chi connectivity index (χ3n) is 8.51. The minimum Gasteiger partial charge on any atom is -0.382 e. The first-order valence-electron chi connectivity index (χ1n) is 16.4. The molecule has 4 heterocycles. The number of anilines is 1. The molecule has 256 valence electrons. The first-order chi connectivity index (χ1) is 23.9. The van der Waals surface area contributed by atoms with Gasteiger partial charge in [-0.15, -0.1) is 0 Å². The van der Waals surface area contributed by atoms with Crippen molar-refractivity contribution in [3.05, 3.63) is 75.4 Å². The number of aryl methyl sites for hydroxylation is 1. The van der Waals surface area contributed by atoms with Crippen molar-refractivity contribution in [3.63, 3.8) is 0 Å². The van der Waals surface area contributed by atoms with E-state index in [-0.39, 0.29) is 29.9 Å². The molecule has 14 heteroatoms. The minimum absolute atomic E-state index is 0.0333. The van der Waals surface area contributed by atoms with Crippen LogP contribution in [-0.4, -0.2) is 106 Å². The monoisotopic (exact) mass is 670 g/mol. The first kappa shape index (κ1) is 33.8. The van der Waals surface area contributed by atoms with E-state index < -0.39 is 29.7 Å². The largest absolute Gasteiger partial charge is 0.382 e. The molecule has 14 nitrogen and oxygen atoms in total. The highest BCUT2D eigenvalue weighted by Gasteiger charge is 2.45. The Kier molecular flexibility index (Phi) is 11.0. The molecule has 0 spiro atoms. The summed E-state index contributed by atoms with van der Waals surface area (Å²) < 4.78 is 16.7. The maximum absolute atomic E-state index is 13.2. The second-order valence-electron chi connectivity index (χ2n) is 11.8. The molecule has 2 aromatic carbocycles. The van der Waals surface area contributed by atoms with E-state index in [0.29, 0.717) is 77.8 Å². The van der Waals surface area contributed by atoms with Crippen molar-refractivity contribution in [2.24, 2.45) is 9.98 Å². The Labute approximate surface area is 282 Å². The van der Waals surface area contributed by atoms with Crippen LogP contribution in [-0.2, 0) is 35.0 Å². The SMILES string of the molecule is O=C(CCc1ccc2c(c1)=NC1=CC=NCC=21)NCCOCCOCCOCCNc1cccc2c1C(=O)N(C1CCC(=O)NC1=O)C2=O. The van der Waals surface area contributed by atoms with E-state index in [1.165, 1.54) is 0 Å². The van der Waals surface area contributed by atoms with Gasteiger partial charge in [-0.3, -0.25) is 39.2 Å². The van der Waals surface area contributed by atoms with E-state index in [1.54, 1.807) is 24.4 Å². The molecule has 4 aliphatic rings. The third kappa shape index (κ3) is 7.99. The number of benzene rings is 2. The maximum atomic E-state index is 13.2. The molecule has 1 saturated heterocycles. The number of hydrogen-bond acceptors (Lipinski definition) is 11. The summed E-state index contributed by atoms with van der Waals surface area (Å²) in [5, 5.41) is 10.3. The summed E-state index contributed by atoms with van der Waals surface area (Å²) in [5.74, 6) is -2.21. The summed E-state index contributed by atoms with van der Waals surface area (Å²) in [4.78, 5) is 72.1. The van der Waals surface area contributed by atoms with Crippen LogP contribution in [0.4, 0.5) is 5.69 Å². The lowest BCUT2D eigenvalue weighted by atomic mass is 10.0. The van der Waals surface area contributed by atoms with Crippen LogP contribution >= 0.6 is 0 Å². The van der Waals surface area contributed by atoms with Crippen molar-refractivity contribution < 1.29 is 38.2 Å². The Morgan fingerprint density at radius 2 is 1.71 bits per heavy atom. The summed E-state index contributed by atoms with van der Waals surface area (Å²) >= 11 is 0. The number of amides is 5. The zero-order valence-electron chi connectivity index (χ0n) is 27.0. The van der Waals surface area contributed by atoms with Gasteiger partial charge in [0.05, 0.1) is 68.4 Å². The van der Waals surface area contributed by atoms with Crippen LogP contribution in [0.3, 0.4) is 0 Å². The second kappa shape index (κ2) is 15.9. The van der Waals surface area contributed by atoms with E-state index >= 15 is 0 Å². The lowest BCUT2D eigenvalue weighted by Crippen LogP contribution is -2.54. The maximum Gasteiger partial charge on any atom is 0.264 e. The van der Waals surface area contributed by atoms with Crippen LogP contribution in [0, 0.1) is 0 Å². The molecular formula is C35H38N6O8. The van der Waals surface area contributed by atoms with E-state index in [1.807, 2.05) is 18.2 Å². The Bertz CT molecular complexity index is 1840. The number of carbonyl (C=O) groups excluding carboxylic acids is 5. The molecule has 1 unspecified atom stereocenters. The molecule has 0 aliphatic carbocycles. The molecule has 5 amide bonds. The number of fused-ring (bicyclic) bond motifs is 3. The smallest absolute Gasteiger partial charge is 0.264 e. The number of piperidine rings is 1. The van der Waals surface area contributed by atoms with Gasteiger partial charge in [0.2, 0.25) is 17.7 Å². The Hall–Kier alpha value is -5.05. The van der Waals surface area contributed by atoms with Crippen LogP contribution < -0.4 is 26.5 Å². The highest BCUT2D eigenvalue weighted by Crippen LogP contribution is 2.32. The lowest BCUT2D eigenvalue weighted by Gasteiger charge is -2.27. The van der Waals surface area contributed by atoms with Gasteiger partial charge in [-0.1, -0.05) is 18.2 Å². The minimum atomic E-state index is -1.01. The molecule has 2 aromatic rings. The number of ether oxygens (including phenoxy) is 3. The van der Waals surface area contributed by atoms with Gasteiger partial charge in [-0.05, 0) is 42.7 Å². The van der Waals surface area contributed by atoms with Gasteiger partial charge in [0.15, 0.2) is 0 Å². The average molecular weight is 671 g/mol. The summed E-state index contributed by atoms with van der Waals surface area (Å²) in [6.07, 6.45) is 4.89. The fourth-order valence-electron chi connectivity index (χ4n) is 6.06. The third-order valence-corrected chi connectivity index (χ3v) is 8.51. The normalized spacial score (nSPS) is 17.7. The number of allylic oxidation sites excluding steroid dienone is 1. The number of nitrogens with one attached hydrogen (secondary N) is 3. The van der Waals surface area contributed by atoms with Gasteiger partial charge in [0, 0.05) is 48.6 Å². The molecule has 3 N–H and O–H groups in total. The molecule has 0 saturated carbocycles. The zero-order chi connectivity index (χ0) is 34.2. The number of carbonyl (C=O) groups is 5.